The summed E-state index contributed by atoms with van der Waals surface area (Å²) in [7, 11) is 8.30. The number of hydrogen-bond acceptors (Lipinski definition) is 4. The topological polar surface area (TPSA) is 31.2 Å². The average molecular weight is 508 g/mol. The Morgan fingerprint density at radius 3 is 1.25 bits per heavy atom. The van der Waals surface area contributed by atoms with Gasteiger partial charge in [-0.3, -0.25) is 0 Å². The van der Waals surface area contributed by atoms with Crippen molar-refractivity contribution in [3.8, 4) is 0 Å². The number of rotatable bonds is 9. The summed E-state index contributed by atoms with van der Waals surface area (Å²) in [6, 6.07) is 16.6. The Hall–Kier alpha value is -1.34. The van der Waals surface area contributed by atoms with Gasteiger partial charge in [0.05, 0.1) is 11.4 Å². The van der Waals surface area contributed by atoms with E-state index in [1.807, 2.05) is 24.3 Å². The van der Waals surface area contributed by atoms with Gasteiger partial charge in [0.15, 0.2) is 0 Å². The molecule has 0 saturated heterocycles. The molecular formula is C22H28Br2N4. The second kappa shape index (κ2) is 11.6. The van der Waals surface area contributed by atoms with Gasteiger partial charge in [-0.25, -0.2) is 0 Å². The predicted molar refractivity (Wildman–Crippen MR) is 128 cm³/mol. The van der Waals surface area contributed by atoms with Gasteiger partial charge in [-0.1, -0.05) is 56.1 Å². The molecule has 0 spiro atoms. The molecule has 0 aliphatic carbocycles. The van der Waals surface area contributed by atoms with E-state index in [9.17, 15) is 0 Å². The summed E-state index contributed by atoms with van der Waals surface area (Å²) < 4.78 is 2.13. The highest BCUT2D eigenvalue weighted by atomic mass is 79.9. The molecule has 6 heteroatoms. The molecule has 2 rings (SSSR count). The molecule has 150 valence electrons. The first kappa shape index (κ1) is 22.9. The van der Waals surface area contributed by atoms with Crippen LogP contribution in [0.2, 0.25) is 0 Å². The van der Waals surface area contributed by atoms with E-state index in [4.69, 9.17) is 10.2 Å². The smallest absolute Gasteiger partial charge is 0.0715 e. The molecule has 0 unspecified atom stereocenters. The van der Waals surface area contributed by atoms with Crippen molar-refractivity contribution in [2.45, 2.75) is 12.8 Å². The maximum atomic E-state index is 4.71. The van der Waals surface area contributed by atoms with Crippen molar-refractivity contribution >= 4 is 43.3 Å². The quantitative estimate of drug-likeness (QED) is 0.340. The average Bonchev–Trinajstić information content (AvgIpc) is 2.65. The summed E-state index contributed by atoms with van der Waals surface area (Å²) in [5, 5.41) is 9.41. The van der Waals surface area contributed by atoms with Crippen LogP contribution in [-0.2, 0) is 0 Å². The molecule has 0 aliphatic heterocycles. The Labute approximate surface area is 185 Å². The molecule has 0 saturated carbocycles. The van der Waals surface area contributed by atoms with E-state index in [1.54, 1.807) is 0 Å². The van der Waals surface area contributed by atoms with Crippen molar-refractivity contribution in [2.24, 2.45) is 10.2 Å². The number of nitrogens with zero attached hydrogens (tertiary/aromatic N) is 4. The van der Waals surface area contributed by atoms with E-state index >= 15 is 0 Å². The van der Waals surface area contributed by atoms with Gasteiger partial charge >= 0.3 is 0 Å². The van der Waals surface area contributed by atoms with Gasteiger partial charge in [0.2, 0.25) is 0 Å². The minimum Gasteiger partial charge on any atom is -0.309 e. The van der Waals surface area contributed by atoms with Gasteiger partial charge < -0.3 is 9.80 Å². The van der Waals surface area contributed by atoms with E-state index in [2.05, 4.69) is 94.1 Å². The van der Waals surface area contributed by atoms with Crippen molar-refractivity contribution < 1.29 is 0 Å². The van der Waals surface area contributed by atoms with Gasteiger partial charge in [0.25, 0.3) is 0 Å². The van der Waals surface area contributed by atoms with Gasteiger partial charge in [-0.2, -0.15) is 10.2 Å². The molecule has 0 bridgehead atoms. The zero-order valence-corrected chi connectivity index (χ0v) is 20.2. The van der Waals surface area contributed by atoms with E-state index in [1.165, 1.54) is 0 Å². The van der Waals surface area contributed by atoms with E-state index in [0.717, 1.165) is 57.4 Å². The Balaban J connectivity index is 2.37. The number of hydrogen-bond donors (Lipinski definition) is 0. The maximum Gasteiger partial charge on any atom is 0.0715 e. The van der Waals surface area contributed by atoms with Crippen LogP contribution in [0.25, 0.3) is 0 Å². The lowest BCUT2D eigenvalue weighted by Gasteiger charge is -2.13. The van der Waals surface area contributed by atoms with Gasteiger partial charge in [-0.15, -0.1) is 0 Å². The molecule has 4 nitrogen and oxygen atoms in total. The largest absolute Gasteiger partial charge is 0.309 e. The van der Waals surface area contributed by atoms with Gasteiger partial charge in [0.1, 0.15) is 0 Å². The highest BCUT2D eigenvalue weighted by molar-refractivity contribution is 9.10. The van der Waals surface area contributed by atoms with Crippen LogP contribution in [0, 0.1) is 0 Å². The van der Waals surface area contributed by atoms with Crippen LogP contribution in [0.3, 0.4) is 0 Å². The standard InChI is InChI=1S/C22H28Br2N4/c1-27(2)15-13-21(17-5-9-19(23)10-6-17)25-26-22(14-16-28(3)4)18-7-11-20(24)12-8-18/h5-12H,13-16H2,1-4H3/b25-21-,26-22+. The van der Waals surface area contributed by atoms with Gasteiger partial charge in [-0.05, 0) is 63.6 Å². The maximum absolute atomic E-state index is 4.71. The normalized spacial score (nSPS) is 12.9. The SMILES string of the molecule is CN(C)CC/C(=N/N=C(\CCN(C)C)c1ccc(Br)cc1)c1ccc(Br)cc1. The van der Waals surface area contributed by atoms with Crippen molar-refractivity contribution in [1.29, 1.82) is 0 Å². The van der Waals surface area contributed by atoms with Crippen molar-refractivity contribution in [2.75, 3.05) is 41.3 Å². The third-order valence-corrected chi connectivity index (χ3v) is 5.30. The fraction of sp³-hybridized carbons (Fsp3) is 0.364. The molecule has 0 radical (unpaired) electrons. The zero-order valence-electron chi connectivity index (χ0n) is 17.0. The molecule has 0 atom stereocenters. The van der Waals surface area contributed by atoms with Crippen LogP contribution in [0.4, 0.5) is 0 Å². The third-order valence-electron chi connectivity index (χ3n) is 4.24. The van der Waals surface area contributed by atoms with E-state index in [-0.39, 0.29) is 0 Å². The molecule has 0 aliphatic rings. The lowest BCUT2D eigenvalue weighted by Crippen LogP contribution is -2.18. The Kier molecular flexibility index (Phi) is 9.51. The molecular weight excluding hydrogens is 480 g/mol. The summed E-state index contributed by atoms with van der Waals surface area (Å²) in [6.45, 7) is 1.85. The highest BCUT2D eigenvalue weighted by Crippen LogP contribution is 2.15. The molecule has 0 aromatic heterocycles. The summed E-state index contributed by atoms with van der Waals surface area (Å²) in [5.41, 5.74) is 4.22. The van der Waals surface area contributed by atoms with Crippen molar-refractivity contribution in [1.82, 2.24) is 9.80 Å². The lowest BCUT2D eigenvalue weighted by molar-refractivity contribution is 0.421. The Morgan fingerprint density at radius 1 is 0.643 bits per heavy atom. The van der Waals surface area contributed by atoms with Crippen molar-refractivity contribution in [3.63, 3.8) is 0 Å². The van der Waals surface area contributed by atoms with Crippen LogP contribution in [-0.4, -0.2) is 62.5 Å². The van der Waals surface area contributed by atoms with E-state index in [0.29, 0.717) is 0 Å². The number of halogens is 2. The van der Waals surface area contributed by atoms with Crippen LogP contribution in [0.15, 0.2) is 67.7 Å². The molecule has 0 fully saturated rings. The fourth-order valence-corrected chi connectivity index (χ4v) is 3.10. The monoisotopic (exact) mass is 506 g/mol. The van der Waals surface area contributed by atoms with Crippen LogP contribution >= 0.6 is 31.9 Å². The molecule has 2 aromatic carbocycles. The second-order valence-corrected chi connectivity index (χ2v) is 9.05. The molecule has 0 N–H and O–H groups in total. The first-order valence-corrected chi connectivity index (χ1v) is 10.9. The summed E-state index contributed by atoms with van der Waals surface area (Å²) in [4.78, 5) is 4.33. The molecule has 0 heterocycles. The number of benzene rings is 2. The van der Waals surface area contributed by atoms with Crippen LogP contribution < -0.4 is 0 Å². The summed E-state index contributed by atoms with van der Waals surface area (Å²) in [5.74, 6) is 0. The fourth-order valence-electron chi connectivity index (χ4n) is 2.57. The minimum absolute atomic E-state index is 0.847. The zero-order chi connectivity index (χ0) is 20.5. The highest BCUT2D eigenvalue weighted by Gasteiger charge is 2.08. The minimum atomic E-state index is 0.847. The Morgan fingerprint density at radius 2 is 0.964 bits per heavy atom. The molecule has 28 heavy (non-hydrogen) atoms. The third kappa shape index (κ3) is 7.95. The lowest BCUT2D eigenvalue weighted by atomic mass is 10.1. The molecule has 0 amide bonds. The predicted octanol–water partition coefficient (Wildman–Crippen LogP) is 5.31. The summed E-state index contributed by atoms with van der Waals surface area (Å²) in [6.07, 6.45) is 1.69. The van der Waals surface area contributed by atoms with Gasteiger partial charge in [0, 0.05) is 34.9 Å². The van der Waals surface area contributed by atoms with Crippen LogP contribution in [0.1, 0.15) is 24.0 Å². The summed E-state index contributed by atoms with van der Waals surface area (Å²) >= 11 is 7.01. The Bertz CT molecular complexity index is 725. The molecule has 2 aromatic rings. The van der Waals surface area contributed by atoms with Crippen molar-refractivity contribution in [3.05, 3.63) is 68.6 Å². The first-order chi connectivity index (χ1) is 13.3. The van der Waals surface area contributed by atoms with Crippen LogP contribution in [0.5, 0.6) is 0 Å². The first-order valence-electron chi connectivity index (χ1n) is 9.30. The van der Waals surface area contributed by atoms with E-state index < -0.39 is 0 Å². The second-order valence-electron chi connectivity index (χ2n) is 7.21.